The fourth-order valence-corrected chi connectivity index (χ4v) is 6.74. The summed E-state index contributed by atoms with van der Waals surface area (Å²) in [4.78, 5) is 30.0. The van der Waals surface area contributed by atoms with Gasteiger partial charge in [-0.05, 0) is 99.5 Å². The summed E-state index contributed by atoms with van der Waals surface area (Å²) < 4.78 is 35.8. The molecule has 0 fully saturated rings. The third kappa shape index (κ3) is 10.1. The molecule has 0 aliphatic heterocycles. The van der Waals surface area contributed by atoms with Crippen molar-refractivity contribution < 1.29 is 22.7 Å². The van der Waals surface area contributed by atoms with Gasteiger partial charge in [0.15, 0.2) is 0 Å². The van der Waals surface area contributed by atoms with Crippen LogP contribution in [-0.2, 0) is 32.6 Å². The van der Waals surface area contributed by atoms with Crippen molar-refractivity contribution >= 4 is 55.1 Å². The molecule has 0 saturated heterocycles. The molecular formula is C36H39BrClN3O5S. The molecule has 0 bridgehead atoms. The van der Waals surface area contributed by atoms with Crippen molar-refractivity contribution in [2.24, 2.45) is 0 Å². The largest absolute Gasteiger partial charge is 0.494 e. The van der Waals surface area contributed by atoms with Crippen LogP contribution in [0.5, 0.6) is 5.75 Å². The Balaban J connectivity index is 1.81. The van der Waals surface area contributed by atoms with Crippen molar-refractivity contribution in [1.29, 1.82) is 0 Å². The van der Waals surface area contributed by atoms with Crippen LogP contribution in [0, 0.1) is 0 Å². The van der Waals surface area contributed by atoms with E-state index in [4.69, 9.17) is 16.3 Å². The first kappa shape index (κ1) is 36.0. The van der Waals surface area contributed by atoms with Crippen LogP contribution in [0.15, 0.2) is 112 Å². The number of hydrogen-bond acceptors (Lipinski definition) is 5. The lowest BCUT2D eigenvalue weighted by molar-refractivity contribution is -0.140. The Kier molecular flexibility index (Phi) is 12.1. The standard InChI is InChI=1S/C36H39BrClN3O5S/c1-5-46-31-19-17-30(18-20-31)41(47(44,45)32-21-13-28(37)14-22-32)25-34(42)40(24-27-11-15-29(38)16-12-27)33(35(43)39-36(2,3)4)23-26-9-7-6-8-10-26/h6-22,33H,5,23-25H2,1-4H3,(H,39,43)/t33-/m1/s1. The summed E-state index contributed by atoms with van der Waals surface area (Å²) in [5.74, 6) is -0.346. The predicted octanol–water partition coefficient (Wildman–Crippen LogP) is 7.25. The molecule has 1 atom stereocenters. The molecule has 0 saturated carbocycles. The summed E-state index contributed by atoms with van der Waals surface area (Å²) in [7, 11) is -4.23. The average Bonchev–Trinajstić information content (AvgIpc) is 3.03. The molecule has 0 radical (unpaired) electrons. The fraction of sp³-hybridized carbons (Fsp3) is 0.278. The highest BCUT2D eigenvalue weighted by Gasteiger charge is 2.35. The fourth-order valence-electron chi connectivity index (χ4n) is 4.93. The van der Waals surface area contributed by atoms with Gasteiger partial charge >= 0.3 is 0 Å². The van der Waals surface area contributed by atoms with Crippen LogP contribution in [0.3, 0.4) is 0 Å². The highest BCUT2D eigenvalue weighted by molar-refractivity contribution is 9.10. The van der Waals surface area contributed by atoms with Crippen LogP contribution < -0.4 is 14.4 Å². The number of ether oxygens (including phenoxy) is 1. The first-order valence-electron chi connectivity index (χ1n) is 15.2. The van der Waals surface area contributed by atoms with E-state index >= 15 is 0 Å². The monoisotopic (exact) mass is 739 g/mol. The van der Waals surface area contributed by atoms with E-state index < -0.39 is 34.1 Å². The van der Waals surface area contributed by atoms with Gasteiger partial charge < -0.3 is 15.0 Å². The summed E-state index contributed by atoms with van der Waals surface area (Å²) in [5.41, 5.74) is 1.27. The predicted molar refractivity (Wildman–Crippen MR) is 190 cm³/mol. The summed E-state index contributed by atoms with van der Waals surface area (Å²) in [5, 5.41) is 3.56. The molecule has 0 heterocycles. The highest BCUT2D eigenvalue weighted by atomic mass is 79.9. The van der Waals surface area contributed by atoms with E-state index in [0.717, 1.165) is 15.4 Å². The van der Waals surface area contributed by atoms with Crippen LogP contribution >= 0.6 is 27.5 Å². The van der Waals surface area contributed by atoms with Crippen LogP contribution in [0.2, 0.25) is 5.02 Å². The summed E-state index contributed by atoms with van der Waals surface area (Å²) in [6.45, 7) is 7.39. The van der Waals surface area contributed by atoms with Gasteiger partial charge in [0, 0.05) is 28.0 Å². The number of benzene rings is 4. The van der Waals surface area contributed by atoms with Gasteiger partial charge in [0.05, 0.1) is 17.2 Å². The Labute approximate surface area is 290 Å². The minimum Gasteiger partial charge on any atom is -0.494 e. The summed E-state index contributed by atoms with van der Waals surface area (Å²) in [6, 6.07) is 28.2. The molecule has 4 aromatic rings. The van der Waals surface area contributed by atoms with Crippen molar-refractivity contribution in [2.45, 2.75) is 57.1 Å². The van der Waals surface area contributed by atoms with Gasteiger partial charge in [-0.3, -0.25) is 13.9 Å². The number of carbonyl (C=O) groups excluding carboxylic acids is 2. The zero-order chi connectivity index (χ0) is 34.2. The maximum absolute atomic E-state index is 14.6. The normalized spacial score (nSPS) is 12.2. The van der Waals surface area contributed by atoms with E-state index in [1.165, 1.54) is 17.0 Å². The van der Waals surface area contributed by atoms with Gasteiger partial charge in [0.25, 0.3) is 10.0 Å². The molecule has 0 aromatic heterocycles. The molecule has 248 valence electrons. The molecule has 2 amide bonds. The lowest BCUT2D eigenvalue weighted by atomic mass is 10.0. The van der Waals surface area contributed by atoms with Gasteiger partial charge in [0.2, 0.25) is 11.8 Å². The van der Waals surface area contributed by atoms with Crippen molar-refractivity contribution in [2.75, 3.05) is 17.5 Å². The lowest BCUT2D eigenvalue weighted by Crippen LogP contribution is -2.56. The maximum Gasteiger partial charge on any atom is 0.264 e. The second-order valence-corrected chi connectivity index (χ2v) is 15.2. The van der Waals surface area contributed by atoms with E-state index in [0.29, 0.717) is 21.9 Å². The number of halogens is 2. The molecule has 4 rings (SSSR count). The number of anilines is 1. The van der Waals surface area contributed by atoms with Gasteiger partial charge in [-0.15, -0.1) is 0 Å². The third-order valence-corrected chi connectivity index (χ3v) is 9.72. The number of rotatable bonds is 13. The Bertz CT molecular complexity index is 1750. The Morgan fingerprint density at radius 2 is 1.49 bits per heavy atom. The summed E-state index contributed by atoms with van der Waals surface area (Å²) in [6.07, 6.45) is 0.213. The minimum atomic E-state index is -4.23. The van der Waals surface area contributed by atoms with Crippen molar-refractivity contribution in [3.8, 4) is 5.75 Å². The Hall–Kier alpha value is -3.86. The zero-order valence-corrected chi connectivity index (χ0v) is 30.0. The van der Waals surface area contributed by atoms with Crippen LogP contribution in [-0.4, -0.2) is 49.9 Å². The van der Waals surface area contributed by atoms with Crippen LogP contribution in [0.4, 0.5) is 5.69 Å². The summed E-state index contributed by atoms with van der Waals surface area (Å²) >= 11 is 9.52. The van der Waals surface area contributed by atoms with E-state index in [9.17, 15) is 18.0 Å². The second-order valence-electron chi connectivity index (χ2n) is 12.0. The van der Waals surface area contributed by atoms with E-state index in [1.807, 2.05) is 58.0 Å². The number of nitrogens with zero attached hydrogens (tertiary/aromatic N) is 2. The number of nitrogens with one attached hydrogen (secondary N) is 1. The van der Waals surface area contributed by atoms with Crippen molar-refractivity contribution in [3.05, 3.63) is 124 Å². The number of amides is 2. The molecule has 47 heavy (non-hydrogen) atoms. The molecule has 0 aliphatic carbocycles. The maximum atomic E-state index is 14.6. The molecule has 0 aliphatic rings. The van der Waals surface area contributed by atoms with Crippen molar-refractivity contribution in [3.63, 3.8) is 0 Å². The second kappa shape index (κ2) is 15.8. The molecule has 11 heteroatoms. The third-order valence-electron chi connectivity index (χ3n) is 7.15. The highest BCUT2D eigenvalue weighted by Crippen LogP contribution is 2.28. The Morgan fingerprint density at radius 3 is 2.06 bits per heavy atom. The molecule has 0 spiro atoms. The van der Waals surface area contributed by atoms with Gasteiger partial charge in [-0.2, -0.15) is 0 Å². The zero-order valence-electron chi connectivity index (χ0n) is 26.8. The SMILES string of the molecule is CCOc1ccc(N(CC(=O)N(Cc2ccc(Cl)cc2)[C@H](Cc2ccccc2)C(=O)NC(C)(C)C)S(=O)(=O)c2ccc(Br)cc2)cc1. The minimum absolute atomic E-state index is 0.0120. The molecule has 1 N–H and O–H groups in total. The average molecular weight is 741 g/mol. The molecule has 8 nitrogen and oxygen atoms in total. The van der Waals surface area contributed by atoms with Gasteiger partial charge in [0.1, 0.15) is 18.3 Å². The topological polar surface area (TPSA) is 96.0 Å². The molecule has 4 aromatic carbocycles. The first-order chi connectivity index (χ1) is 22.3. The molecule has 0 unspecified atom stereocenters. The van der Waals surface area contributed by atoms with E-state index in [2.05, 4.69) is 21.2 Å². The van der Waals surface area contributed by atoms with E-state index in [1.54, 1.807) is 60.7 Å². The van der Waals surface area contributed by atoms with E-state index in [-0.39, 0.29) is 29.5 Å². The van der Waals surface area contributed by atoms with Crippen LogP contribution in [0.25, 0.3) is 0 Å². The molecular weight excluding hydrogens is 702 g/mol. The number of sulfonamides is 1. The van der Waals surface area contributed by atoms with Crippen LogP contribution in [0.1, 0.15) is 38.8 Å². The number of hydrogen-bond donors (Lipinski definition) is 1. The van der Waals surface area contributed by atoms with Crippen molar-refractivity contribution in [1.82, 2.24) is 10.2 Å². The number of carbonyl (C=O) groups is 2. The Morgan fingerprint density at radius 1 is 0.872 bits per heavy atom. The van der Waals surface area contributed by atoms with Gasteiger partial charge in [-0.25, -0.2) is 8.42 Å². The smallest absolute Gasteiger partial charge is 0.264 e. The first-order valence-corrected chi connectivity index (χ1v) is 17.8. The van der Waals surface area contributed by atoms with Gasteiger partial charge in [-0.1, -0.05) is 70.0 Å². The quantitative estimate of drug-likeness (QED) is 0.156. The lowest BCUT2D eigenvalue weighted by Gasteiger charge is -2.35.